The molecule has 1 aliphatic heterocycles. The summed E-state index contributed by atoms with van der Waals surface area (Å²) >= 11 is 0. The molecule has 1 heterocycles. The van der Waals surface area contributed by atoms with Crippen molar-refractivity contribution in [3.05, 3.63) is 17.7 Å². The first-order valence-corrected chi connectivity index (χ1v) is 6.99. The van der Waals surface area contributed by atoms with Crippen molar-refractivity contribution in [2.75, 3.05) is 13.3 Å². The number of fused-ring (bicyclic) bond motifs is 1. The van der Waals surface area contributed by atoms with Gasteiger partial charge in [-0.1, -0.05) is 13.8 Å². The summed E-state index contributed by atoms with van der Waals surface area (Å²) in [6.45, 7) is 6.25. The molecule has 0 aliphatic carbocycles. The highest BCUT2D eigenvalue weighted by atomic mass is 16.7. The molecule has 2 N–H and O–H groups in total. The fourth-order valence-corrected chi connectivity index (χ4v) is 1.89. The van der Waals surface area contributed by atoms with E-state index in [1.807, 2.05) is 13.8 Å². The highest BCUT2D eigenvalue weighted by Gasteiger charge is 2.21. The van der Waals surface area contributed by atoms with Crippen LogP contribution in [0.15, 0.2) is 12.1 Å². The first kappa shape index (κ1) is 15.4. The molecule has 1 aliphatic rings. The summed E-state index contributed by atoms with van der Waals surface area (Å²) in [7, 11) is 0. The third-order valence-electron chi connectivity index (χ3n) is 3.08. The van der Waals surface area contributed by atoms with Gasteiger partial charge in [-0.25, -0.2) is 0 Å². The molecule has 116 valence electrons. The quantitative estimate of drug-likeness (QED) is 0.830. The molecule has 0 spiro atoms. The fourth-order valence-electron chi connectivity index (χ4n) is 1.89. The van der Waals surface area contributed by atoms with Crippen LogP contribution in [0.25, 0.3) is 0 Å². The molecule has 2 rings (SSSR count). The van der Waals surface area contributed by atoms with Crippen LogP contribution in [0.1, 0.15) is 26.3 Å². The maximum Gasteiger partial charge on any atom is 0.260 e. The smallest absolute Gasteiger partial charge is 0.260 e. The molecule has 1 unspecified atom stereocenters. The highest BCUT2D eigenvalue weighted by molar-refractivity contribution is 5.80. The molecular weight excluding hydrogens is 274 g/mol. The molecule has 6 nitrogen and oxygen atoms in total. The zero-order valence-corrected chi connectivity index (χ0v) is 12.5. The second-order valence-corrected chi connectivity index (χ2v) is 5.37. The lowest BCUT2D eigenvalue weighted by atomic mass is 10.2. The Bertz CT molecular complexity index is 515. The lowest BCUT2D eigenvalue weighted by Gasteiger charge is -2.17. The number of ether oxygens (including phenoxy) is 3. The molecule has 0 fully saturated rings. The topological polar surface area (TPSA) is 77.0 Å². The summed E-state index contributed by atoms with van der Waals surface area (Å²) in [5.74, 6) is 1.74. The zero-order chi connectivity index (χ0) is 15.4. The largest absolute Gasteiger partial charge is 0.480 e. The Labute approximate surface area is 124 Å². The number of carbonyl (C=O) groups excluding carboxylic acids is 1. The van der Waals surface area contributed by atoms with Crippen molar-refractivity contribution in [2.24, 2.45) is 5.92 Å². The second-order valence-electron chi connectivity index (χ2n) is 5.37. The molecule has 1 aromatic carbocycles. The monoisotopic (exact) mass is 295 g/mol. The van der Waals surface area contributed by atoms with Crippen molar-refractivity contribution in [2.45, 2.75) is 33.5 Å². The van der Waals surface area contributed by atoms with E-state index in [1.54, 1.807) is 19.1 Å². The number of aliphatic hydroxyl groups is 1. The zero-order valence-electron chi connectivity index (χ0n) is 12.5. The SMILES string of the molecule is CC(C)CNC(=O)C(C)Oc1cc2c(cc1CO)OCO2. The summed E-state index contributed by atoms with van der Waals surface area (Å²) < 4.78 is 16.2. The van der Waals surface area contributed by atoms with Crippen molar-refractivity contribution < 1.29 is 24.1 Å². The average molecular weight is 295 g/mol. The van der Waals surface area contributed by atoms with Crippen LogP contribution in [-0.2, 0) is 11.4 Å². The molecule has 6 heteroatoms. The molecule has 1 aromatic rings. The van der Waals surface area contributed by atoms with Crippen molar-refractivity contribution in [3.8, 4) is 17.2 Å². The van der Waals surface area contributed by atoms with E-state index in [-0.39, 0.29) is 19.3 Å². The van der Waals surface area contributed by atoms with Crippen molar-refractivity contribution in [3.63, 3.8) is 0 Å². The minimum absolute atomic E-state index is 0.147. The van der Waals surface area contributed by atoms with Crippen molar-refractivity contribution >= 4 is 5.91 Å². The number of hydrogen-bond donors (Lipinski definition) is 2. The van der Waals surface area contributed by atoms with Crippen LogP contribution in [0, 0.1) is 5.92 Å². The van der Waals surface area contributed by atoms with Gasteiger partial charge in [-0.2, -0.15) is 0 Å². The predicted octanol–water partition coefficient (Wildman–Crippen LogP) is 1.45. The van der Waals surface area contributed by atoms with E-state index in [2.05, 4.69) is 5.32 Å². The van der Waals surface area contributed by atoms with Gasteiger partial charge in [0.2, 0.25) is 6.79 Å². The van der Waals surface area contributed by atoms with E-state index in [1.165, 1.54) is 0 Å². The molecule has 0 saturated carbocycles. The van der Waals surface area contributed by atoms with Gasteiger partial charge in [0, 0.05) is 18.2 Å². The van der Waals surface area contributed by atoms with E-state index in [0.717, 1.165) is 0 Å². The second kappa shape index (κ2) is 6.67. The Morgan fingerprint density at radius 2 is 2.00 bits per heavy atom. The van der Waals surface area contributed by atoms with Crippen LogP contribution >= 0.6 is 0 Å². The molecule has 0 saturated heterocycles. The molecule has 0 aromatic heterocycles. The number of aliphatic hydroxyl groups excluding tert-OH is 1. The number of benzene rings is 1. The van der Waals surface area contributed by atoms with E-state index in [0.29, 0.717) is 35.3 Å². The Kier molecular flexibility index (Phi) is 4.90. The van der Waals surface area contributed by atoms with Crippen LogP contribution in [-0.4, -0.2) is 30.5 Å². The van der Waals surface area contributed by atoms with Gasteiger partial charge in [0.05, 0.1) is 6.61 Å². The number of nitrogens with one attached hydrogen (secondary N) is 1. The van der Waals surface area contributed by atoms with Gasteiger partial charge in [0.1, 0.15) is 5.75 Å². The number of hydrogen-bond acceptors (Lipinski definition) is 5. The van der Waals surface area contributed by atoms with Gasteiger partial charge in [-0.3, -0.25) is 4.79 Å². The Morgan fingerprint density at radius 3 is 2.62 bits per heavy atom. The lowest BCUT2D eigenvalue weighted by Crippen LogP contribution is -2.38. The number of rotatable bonds is 6. The van der Waals surface area contributed by atoms with Gasteiger partial charge in [-0.05, 0) is 18.9 Å². The summed E-state index contributed by atoms with van der Waals surface area (Å²) in [6.07, 6.45) is -0.658. The van der Waals surface area contributed by atoms with E-state index in [9.17, 15) is 9.90 Å². The molecule has 0 radical (unpaired) electrons. The lowest BCUT2D eigenvalue weighted by molar-refractivity contribution is -0.127. The summed E-state index contributed by atoms with van der Waals surface area (Å²) in [5.41, 5.74) is 0.558. The van der Waals surface area contributed by atoms with E-state index >= 15 is 0 Å². The van der Waals surface area contributed by atoms with Gasteiger partial charge in [0.15, 0.2) is 17.6 Å². The molecule has 1 amide bonds. The summed E-state index contributed by atoms with van der Waals surface area (Å²) in [6, 6.07) is 3.30. The van der Waals surface area contributed by atoms with E-state index in [4.69, 9.17) is 14.2 Å². The molecular formula is C15H21NO5. The highest BCUT2D eigenvalue weighted by Crippen LogP contribution is 2.38. The number of amides is 1. The minimum Gasteiger partial charge on any atom is -0.480 e. The van der Waals surface area contributed by atoms with Crippen LogP contribution in [0.4, 0.5) is 0 Å². The van der Waals surface area contributed by atoms with E-state index < -0.39 is 6.10 Å². The average Bonchev–Trinajstić information content (AvgIpc) is 2.90. The Morgan fingerprint density at radius 1 is 1.33 bits per heavy atom. The molecule has 21 heavy (non-hydrogen) atoms. The summed E-state index contributed by atoms with van der Waals surface area (Å²) in [4.78, 5) is 11.9. The molecule has 0 bridgehead atoms. The number of carbonyl (C=O) groups is 1. The van der Waals surface area contributed by atoms with Gasteiger partial charge >= 0.3 is 0 Å². The van der Waals surface area contributed by atoms with Gasteiger partial charge < -0.3 is 24.6 Å². The third kappa shape index (κ3) is 3.78. The molecule has 1 atom stereocenters. The first-order valence-electron chi connectivity index (χ1n) is 6.99. The Hall–Kier alpha value is -1.95. The minimum atomic E-state index is -0.658. The Balaban J connectivity index is 2.06. The van der Waals surface area contributed by atoms with Crippen molar-refractivity contribution in [1.82, 2.24) is 5.32 Å². The van der Waals surface area contributed by atoms with Gasteiger partial charge in [0.25, 0.3) is 5.91 Å². The maximum atomic E-state index is 11.9. The van der Waals surface area contributed by atoms with Crippen LogP contribution in [0.3, 0.4) is 0 Å². The van der Waals surface area contributed by atoms with Crippen LogP contribution in [0.5, 0.6) is 17.2 Å². The van der Waals surface area contributed by atoms with Crippen molar-refractivity contribution in [1.29, 1.82) is 0 Å². The standard InChI is InChI=1S/C15H21NO5/c1-9(2)6-16-15(18)10(3)21-12-5-14-13(19-8-20-14)4-11(12)7-17/h4-5,9-10,17H,6-8H2,1-3H3,(H,16,18). The normalized spacial score (nSPS) is 14.1. The third-order valence-corrected chi connectivity index (χ3v) is 3.08. The van der Waals surface area contributed by atoms with Gasteiger partial charge in [-0.15, -0.1) is 0 Å². The van der Waals surface area contributed by atoms with Crippen LogP contribution in [0.2, 0.25) is 0 Å². The fraction of sp³-hybridized carbons (Fsp3) is 0.533. The first-order chi connectivity index (χ1) is 10.0. The van der Waals surface area contributed by atoms with Crippen LogP contribution < -0.4 is 19.5 Å². The maximum absolute atomic E-state index is 11.9. The summed E-state index contributed by atoms with van der Waals surface area (Å²) in [5, 5.41) is 12.2. The predicted molar refractivity (Wildman–Crippen MR) is 76.4 cm³/mol.